The van der Waals surface area contributed by atoms with Crippen LogP contribution >= 0.6 is 0 Å². The average molecular weight is 375 g/mol. The minimum atomic E-state index is -0.176. The molecule has 0 aliphatic carbocycles. The molecular weight excluding hydrogens is 354 g/mol. The SMILES string of the molecule is COc1ccccc1C(=O)NC[C@@H]1Cc2cc(Oc3ccccc3)ccc2O1. The third-order valence-corrected chi connectivity index (χ3v) is 4.59. The number of hydrogen-bond donors (Lipinski definition) is 1. The number of carbonyl (C=O) groups is 1. The minimum absolute atomic E-state index is 0.111. The maximum absolute atomic E-state index is 12.4. The number of hydrogen-bond acceptors (Lipinski definition) is 4. The molecule has 5 nitrogen and oxygen atoms in total. The molecule has 1 aliphatic rings. The third-order valence-electron chi connectivity index (χ3n) is 4.59. The van der Waals surface area contributed by atoms with E-state index in [0.717, 1.165) is 22.8 Å². The fourth-order valence-electron chi connectivity index (χ4n) is 3.23. The summed E-state index contributed by atoms with van der Waals surface area (Å²) >= 11 is 0. The number of ether oxygens (including phenoxy) is 3. The van der Waals surface area contributed by atoms with Crippen LogP contribution in [0.4, 0.5) is 0 Å². The number of amides is 1. The van der Waals surface area contributed by atoms with E-state index in [1.807, 2.05) is 60.7 Å². The van der Waals surface area contributed by atoms with Crippen LogP contribution in [0, 0.1) is 0 Å². The molecule has 0 spiro atoms. The molecule has 1 atom stereocenters. The van der Waals surface area contributed by atoms with Crippen LogP contribution in [0.2, 0.25) is 0 Å². The molecule has 0 radical (unpaired) electrons. The van der Waals surface area contributed by atoms with Crippen LogP contribution in [0.15, 0.2) is 72.8 Å². The Balaban J connectivity index is 1.36. The summed E-state index contributed by atoms with van der Waals surface area (Å²) in [4.78, 5) is 12.4. The van der Waals surface area contributed by atoms with Gasteiger partial charge in [0.1, 0.15) is 29.1 Å². The molecule has 1 aliphatic heterocycles. The van der Waals surface area contributed by atoms with Crippen molar-refractivity contribution in [1.82, 2.24) is 5.32 Å². The monoisotopic (exact) mass is 375 g/mol. The molecule has 1 heterocycles. The van der Waals surface area contributed by atoms with Crippen molar-refractivity contribution in [1.29, 1.82) is 0 Å². The van der Waals surface area contributed by atoms with E-state index >= 15 is 0 Å². The highest BCUT2D eigenvalue weighted by Crippen LogP contribution is 2.33. The highest BCUT2D eigenvalue weighted by molar-refractivity contribution is 5.96. The minimum Gasteiger partial charge on any atom is -0.496 e. The number of rotatable bonds is 6. The van der Waals surface area contributed by atoms with Crippen LogP contribution in [0.3, 0.4) is 0 Å². The summed E-state index contributed by atoms with van der Waals surface area (Å²) in [7, 11) is 1.55. The topological polar surface area (TPSA) is 56.8 Å². The van der Waals surface area contributed by atoms with Gasteiger partial charge in [0, 0.05) is 12.0 Å². The Morgan fingerprint density at radius 2 is 1.82 bits per heavy atom. The molecule has 0 fully saturated rings. The lowest BCUT2D eigenvalue weighted by atomic mass is 10.1. The molecule has 0 bridgehead atoms. The zero-order chi connectivity index (χ0) is 19.3. The Morgan fingerprint density at radius 1 is 1.04 bits per heavy atom. The smallest absolute Gasteiger partial charge is 0.255 e. The quantitative estimate of drug-likeness (QED) is 0.701. The van der Waals surface area contributed by atoms with E-state index in [1.54, 1.807) is 19.2 Å². The maximum Gasteiger partial charge on any atom is 0.255 e. The molecule has 0 unspecified atom stereocenters. The maximum atomic E-state index is 12.4. The molecule has 5 heteroatoms. The Labute approximate surface area is 163 Å². The van der Waals surface area contributed by atoms with Crippen LogP contribution in [-0.4, -0.2) is 25.7 Å². The standard InChI is InChI=1S/C23H21NO4/c1-26-22-10-6-5-9-20(22)23(25)24-15-19-14-16-13-18(11-12-21(16)28-19)27-17-7-3-2-4-8-17/h2-13,19H,14-15H2,1H3,(H,24,25)/t19-/m0/s1. The van der Waals surface area contributed by atoms with Crippen LogP contribution in [0.1, 0.15) is 15.9 Å². The fraction of sp³-hybridized carbons (Fsp3) is 0.174. The van der Waals surface area contributed by atoms with Gasteiger partial charge in [-0.1, -0.05) is 30.3 Å². The second kappa shape index (κ2) is 8.05. The van der Waals surface area contributed by atoms with Crippen molar-refractivity contribution in [2.75, 3.05) is 13.7 Å². The van der Waals surface area contributed by atoms with Gasteiger partial charge < -0.3 is 19.5 Å². The van der Waals surface area contributed by atoms with E-state index in [1.165, 1.54) is 0 Å². The number of benzene rings is 3. The lowest BCUT2D eigenvalue weighted by Gasteiger charge is -2.13. The van der Waals surface area contributed by atoms with Crippen molar-refractivity contribution in [3.05, 3.63) is 83.9 Å². The molecule has 4 rings (SSSR count). The number of carbonyl (C=O) groups excluding carboxylic acids is 1. The van der Waals surface area contributed by atoms with Crippen LogP contribution < -0.4 is 19.5 Å². The van der Waals surface area contributed by atoms with Crippen LogP contribution in [0.5, 0.6) is 23.0 Å². The summed E-state index contributed by atoms with van der Waals surface area (Å²) in [6.45, 7) is 0.417. The van der Waals surface area contributed by atoms with Crippen LogP contribution in [0.25, 0.3) is 0 Å². The van der Waals surface area contributed by atoms with Crippen molar-refractivity contribution in [3.63, 3.8) is 0 Å². The van der Waals surface area contributed by atoms with Crippen molar-refractivity contribution >= 4 is 5.91 Å². The second-order valence-corrected chi connectivity index (χ2v) is 6.54. The van der Waals surface area contributed by atoms with Crippen molar-refractivity contribution in [2.45, 2.75) is 12.5 Å². The van der Waals surface area contributed by atoms with Gasteiger partial charge in [0.05, 0.1) is 19.2 Å². The van der Waals surface area contributed by atoms with E-state index in [-0.39, 0.29) is 12.0 Å². The van der Waals surface area contributed by atoms with Crippen molar-refractivity contribution in [2.24, 2.45) is 0 Å². The Kier molecular flexibility index (Phi) is 5.15. The molecule has 142 valence electrons. The summed E-state index contributed by atoms with van der Waals surface area (Å²) in [6, 6.07) is 22.6. The third kappa shape index (κ3) is 3.93. The van der Waals surface area contributed by atoms with E-state index in [9.17, 15) is 4.79 Å². The molecule has 0 aromatic heterocycles. The van der Waals surface area contributed by atoms with Gasteiger partial charge in [-0.25, -0.2) is 0 Å². The fourth-order valence-corrected chi connectivity index (χ4v) is 3.23. The number of para-hydroxylation sites is 2. The van der Waals surface area contributed by atoms with Gasteiger partial charge in [0.15, 0.2) is 0 Å². The Hall–Kier alpha value is -3.47. The predicted octanol–water partition coefficient (Wildman–Crippen LogP) is 4.22. The van der Waals surface area contributed by atoms with Gasteiger partial charge in [-0.3, -0.25) is 4.79 Å². The van der Waals surface area contributed by atoms with E-state index in [2.05, 4.69) is 5.32 Å². The molecule has 28 heavy (non-hydrogen) atoms. The highest BCUT2D eigenvalue weighted by Gasteiger charge is 2.24. The molecule has 3 aromatic rings. The summed E-state index contributed by atoms with van der Waals surface area (Å²) in [5.41, 5.74) is 1.59. The molecule has 1 amide bonds. The highest BCUT2D eigenvalue weighted by atomic mass is 16.5. The van der Waals surface area contributed by atoms with E-state index in [0.29, 0.717) is 24.3 Å². The van der Waals surface area contributed by atoms with Gasteiger partial charge in [0.25, 0.3) is 5.91 Å². The van der Waals surface area contributed by atoms with Gasteiger partial charge >= 0.3 is 0 Å². The van der Waals surface area contributed by atoms with E-state index in [4.69, 9.17) is 14.2 Å². The Bertz CT molecular complexity index is 971. The first-order valence-corrected chi connectivity index (χ1v) is 9.16. The van der Waals surface area contributed by atoms with Crippen molar-refractivity contribution in [3.8, 4) is 23.0 Å². The van der Waals surface area contributed by atoms with Gasteiger partial charge in [0.2, 0.25) is 0 Å². The van der Waals surface area contributed by atoms with Gasteiger partial charge in [-0.05, 0) is 42.5 Å². The van der Waals surface area contributed by atoms with Gasteiger partial charge in [-0.2, -0.15) is 0 Å². The number of nitrogens with one attached hydrogen (secondary N) is 1. The van der Waals surface area contributed by atoms with E-state index < -0.39 is 0 Å². The summed E-state index contributed by atoms with van der Waals surface area (Å²) in [5.74, 6) is 2.77. The van der Waals surface area contributed by atoms with Gasteiger partial charge in [-0.15, -0.1) is 0 Å². The van der Waals surface area contributed by atoms with Crippen LogP contribution in [-0.2, 0) is 6.42 Å². The number of methoxy groups -OCH3 is 1. The zero-order valence-electron chi connectivity index (χ0n) is 15.6. The summed E-state index contributed by atoms with van der Waals surface area (Å²) in [5, 5.41) is 2.93. The Morgan fingerprint density at radius 3 is 2.64 bits per heavy atom. The van der Waals surface area contributed by atoms with Crippen molar-refractivity contribution < 1.29 is 19.0 Å². The first-order chi connectivity index (χ1) is 13.7. The first kappa shape index (κ1) is 17.9. The summed E-state index contributed by atoms with van der Waals surface area (Å²) in [6.07, 6.45) is 0.605. The molecule has 0 saturated heterocycles. The average Bonchev–Trinajstić information content (AvgIpc) is 3.15. The summed E-state index contributed by atoms with van der Waals surface area (Å²) < 4.78 is 17.1. The largest absolute Gasteiger partial charge is 0.496 e. The molecule has 3 aromatic carbocycles. The molecular formula is C23H21NO4. The second-order valence-electron chi connectivity index (χ2n) is 6.54. The molecule has 1 N–H and O–H groups in total. The lowest BCUT2D eigenvalue weighted by molar-refractivity contribution is 0.0930. The number of fused-ring (bicyclic) bond motifs is 1. The molecule has 0 saturated carbocycles. The lowest BCUT2D eigenvalue weighted by Crippen LogP contribution is -2.34. The first-order valence-electron chi connectivity index (χ1n) is 9.16. The predicted molar refractivity (Wildman–Crippen MR) is 106 cm³/mol. The zero-order valence-corrected chi connectivity index (χ0v) is 15.6. The normalized spacial score (nSPS) is 14.7.